The van der Waals surface area contributed by atoms with Gasteiger partial charge in [0.25, 0.3) is 0 Å². The van der Waals surface area contributed by atoms with Crippen LogP contribution in [0.5, 0.6) is 0 Å². The Hall–Kier alpha value is -0.130. The molecule has 0 bridgehead atoms. The van der Waals surface area contributed by atoms with Gasteiger partial charge in [-0.1, -0.05) is 12.8 Å². The fourth-order valence-corrected chi connectivity index (χ4v) is 4.97. The molecule has 2 unspecified atom stereocenters. The van der Waals surface area contributed by atoms with E-state index in [1.54, 1.807) is 0 Å². The second kappa shape index (κ2) is 5.67. The molecule has 2 N–H and O–H groups in total. The van der Waals surface area contributed by atoms with Crippen molar-refractivity contribution in [2.45, 2.75) is 38.1 Å². The van der Waals surface area contributed by atoms with Crippen molar-refractivity contribution in [1.82, 2.24) is 0 Å². The molecule has 1 saturated heterocycles. The zero-order valence-electron chi connectivity index (χ0n) is 10.3. The highest BCUT2D eigenvalue weighted by molar-refractivity contribution is 7.91. The average molecular weight is 261 g/mol. The maximum Gasteiger partial charge on any atom is 0.152 e. The van der Waals surface area contributed by atoms with Gasteiger partial charge in [0.15, 0.2) is 9.84 Å². The van der Waals surface area contributed by atoms with Gasteiger partial charge in [0.05, 0.1) is 18.1 Å². The Labute approximate surface area is 104 Å². The number of nitrogens with two attached hydrogens (primary N) is 1. The minimum Gasteiger partial charge on any atom is -0.381 e. The molecule has 2 fully saturated rings. The minimum atomic E-state index is -2.98. The molecule has 2 atom stereocenters. The maximum absolute atomic E-state index is 12.0. The van der Waals surface area contributed by atoms with Crippen molar-refractivity contribution < 1.29 is 13.2 Å². The molecule has 2 aliphatic rings. The molecule has 0 aromatic carbocycles. The zero-order valence-corrected chi connectivity index (χ0v) is 11.1. The third kappa shape index (κ3) is 3.93. The van der Waals surface area contributed by atoms with Crippen molar-refractivity contribution in [2.24, 2.45) is 17.6 Å². The van der Waals surface area contributed by atoms with E-state index >= 15 is 0 Å². The highest BCUT2D eigenvalue weighted by atomic mass is 32.2. The van der Waals surface area contributed by atoms with Crippen LogP contribution in [0.15, 0.2) is 0 Å². The molecule has 0 aromatic rings. The van der Waals surface area contributed by atoms with Gasteiger partial charge in [-0.2, -0.15) is 0 Å². The standard InChI is InChI=1S/C12H23NO3S/c13-12(11-5-6-16-7-11)9-17(14,15)8-10-3-1-2-4-10/h10-12H,1-9,13H2. The fourth-order valence-electron chi connectivity index (χ4n) is 2.92. The lowest BCUT2D eigenvalue weighted by Crippen LogP contribution is -2.38. The van der Waals surface area contributed by atoms with Crippen LogP contribution in [0.2, 0.25) is 0 Å². The van der Waals surface area contributed by atoms with Gasteiger partial charge >= 0.3 is 0 Å². The molecule has 2 rings (SSSR count). The quantitative estimate of drug-likeness (QED) is 0.800. The molecule has 1 heterocycles. The number of sulfone groups is 1. The second-order valence-corrected chi connectivity index (χ2v) is 7.67. The average Bonchev–Trinajstić information content (AvgIpc) is 2.85. The van der Waals surface area contributed by atoms with Crippen molar-refractivity contribution in [3.63, 3.8) is 0 Å². The highest BCUT2D eigenvalue weighted by Crippen LogP contribution is 2.26. The Morgan fingerprint density at radius 3 is 2.53 bits per heavy atom. The molecule has 17 heavy (non-hydrogen) atoms. The number of ether oxygens (including phenoxy) is 1. The summed E-state index contributed by atoms with van der Waals surface area (Å²) >= 11 is 0. The Kier molecular flexibility index (Phi) is 4.44. The van der Waals surface area contributed by atoms with Crippen LogP contribution in [-0.4, -0.2) is 39.2 Å². The molecule has 0 aromatic heterocycles. The van der Waals surface area contributed by atoms with Crippen LogP contribution < -0.4 is 5.73 Å². The molecule has 5 heteroatoms. The maximum atomic E-state index is 12.0. The van der Waals surface area contributed by atoms with Gasteiger partial charge < -0.3 is 10.5 Å². The second-order valence-electron chi connectivity index (χ2n) is 5.51. The Morgan fingerprint density at radius 1 is 1.24 bits per heavy atom. The Bertz CT molecular complexity index is 330. The van der Waals surface area contributed by atoms with Gasteiger partial charge in [-0.3, -0.25) is 0 Å². The molecular weight excluding hydrogens is 238 g/mol. The van der Waals surface area contributed by atoms with Crippen LogP contribution >= 0.6 is 0 Å². The van der Waals surface area contributed by atoms with Crippen molar-refractivity contribution >= 4 is 9.84 Å². The first-order chi connectivity index (χ1) is 8.07. The molecule has 4 nitrogen and oxygen atoms in total. The van der Waals surface area contributed by atoms with Crippen molar-refractivity contribution in [2.75, 3.05) is 24.7 Å². The van der Waals surface area contributed by atoms with E-state index < -0.39 is 9.84 Å². The summed E-state index contributed by atoms with van der Waals surface area (Å²) in [5.41, 5.74) is 5.98. The molecule has 100 valence electrons. The summed E-state index contributed by atoms with van der Waals surface area (Å²) in [6.45, 7) is 1.35. The van der Waals surface area contributed by atoms with Crippen LogP contribution in [0.3, 0.4) is 0 Å². The largest absolute Gasteiger partial charge is 0.381 e. The third-order valence-electron chi connectivity index (χ3n) is 3.98. The van der Waals surface area contributed by atoms with Crippen LogP contribution in [0.4, 0.5) is 0 Å². The van der Waals surface area contributed by atoms with E-state index in [4.69, 9.17) is 10.5 Å². The predicted octanol–water partition coefficient (Wildman–Crippen LogP) is 0.955. The van der Waals surface area contributed by atoms with Gasteiger partial charge in [-0.05, 0) is 25.2 Å². The van der Waals surface area contributed by atoms with Crippen molar-refractivity contribution in [1.29, 1.82) is 0 Å². The van der Waals surface area contributed by atoms with E-state index in [1.807, 2.05) is 0 Å². The van der Waals surface area contributed by atoms with Crippen molar-refractivity contribution in [3.8, 4) is 0 Å². The van der Waals surface area contributed by atoms with Crippen LogP contribution in [0.1, 0.15) is 32.1 Å². The van der Waals surface area contributed by atoms with Gasteiger partial charge in [-0.25, -0.2) is 8.42 Å². The predicted molar refractivity (Wildman–Crippen MR) is 67.5 cm³/mol. The van der Waals surface area contributed by atoms with E-state index in [1.165, 1.54) is 12.8 Å². The zero-order chi connectivity index (χ0) is 12.3. The summed E-state index contributed by atoms with van der Waals surface area (Å²) in [6, 6.07) is -0.246. The molecular formula is C12H23NO3S. The first kappa shape index (κ1) is 13.3. The number of hydrogen-bond acceptors (Lipinski definition) is 4. The smallest absolute Gasteiger partial charge is 0.152 e. The topological polar surface area (TPSA) is 69.4 Å². The lowest BCUT2D eigenvalue weighted by molar-refractivity contribution is 0.182. The van der Waals surface area contributed by atoms with Gasteiger partial charge in [0.2, 0.25) is 0 Å². The monoisotopic (exact) mass is 261 g/mol. The Balaban J connectivity index is 1.82. The van der Waals surface area contributed by atoms with Gasteiger partial charge in [-0.15, -0.1) is 0 Å². The third-order valence-corrected chi connectivity index (χ3v) is 5.85. The molecule has 0 radical (unpaired) electrons. The molecule has 0 amide bonds. The summed E-state index contributed by atoms with van der Waals surface area (Å²) in [5, 5.41) is 0. The van der Waals surface area contributed by atoms with Gasteiger partial charge in [0, 0.05) is 18.6 Å². The lowest BCUT2D eigenvalue weighted by Gasteiger charge is -2.18. The van der Waals surface area contributed by atoms with Gasteiger partial charge in [0.1, 0.15) is 0 Å². The summed E-state index contributed by atoms with van der Waals surface area (Å²) in [6.07, 6.45) is 5.41. The van der Waals surface area contributed by atoms with E-state index in [0.717, 1.165) is 25.9 Å². The molecule has 0 spiro atoms. The molecule has 1 aliphatic carbocycles. The normalized spacial score (nSPS) is 28.6. The van der Waals surface area contributed by atoms with E-state index in [0.29, 0.717) is 18.3 Å². The lowest BCUT2D eigenvalue weighted by atomic mass is 10.0. The fraction of sp³-hybridized carbons (Fsp3) is 1.00. The van der Waals surface area contributed by atoms with Crippen LogP contribution in [0, 0.1) is 11.8 Å². The first-order valence-electron chi connectivity index (χ1n) is 6.60. The van der Waals surface area contributed by atoms with E-state index in [9.17, 15) is 8.42 Å². The SMILES string of the molecule is NC(CS(=O)(=O)CC1CCCC1)C1CCOC1. The van der Waals surface area contributed by atoms with E-state index in [2.05, 4.69) is 0 Å². The Morgan fingerprint density at radius 2 is 1.94 bits per heavy atom. The summed E-state index contributed by atoms with van der Waals surface area (Å²) in [4.78, 5) is 0. The van der Waals surface area contributed by atoms with Crippen molar-refractivity contribution in [3.05, 3.63) is 0 Å². The minimum absolute atomic E-state index is 0.136. The number of hydrogen-bond donors (Lipinski definition) is 1. The summed E-state index contributed by atoms with van der Waals surface area (Å²) in [5.74, 6) is 1.09. The molecule has 1 aliphatic heterocycles. The summed E-state index contributed by atoms with van der Waals surface area (Å²) < 4.78 is 29.3. The summed E-state index contributed by atoms with van der Waals surface area (Å²) in [7, 11) is -2.98. The molecule has 1 saturated carbocycles. The van der Waals surface area contributed by atoms with Crippen LogP contribution in [-0.2, 0) is 14.6 Å². The van der Waals surface area contributed by atoms with Crippen LogP contribution in [0.25, 0.3) is 0 Å². The number of rotatable bonds is 5. The highest BCUT2D eigenvalue weighted by Gasteiger charge is 2.29. The van der Waals surface area contributed by atoms with E-state index in [-0.39, 0.29) is 17.7 Å². The first-order valence-corrected chi connectivity index (χ1v) is 8.43.